The van der Waals surface area contributed by atoms with E-state index in [1.165, 1.54) is 0 Å². The minimum atomic E-state index is -0.501. The summed E-state index contributed by atoms with van der Waals surface area (Å²) < 4.78 is 7.04. The molecule has 2 fully saturated rings. The van der Waals surface area contributed by atoms with Crippen LogP contribution in [0.4, 0.5) is 11.8 Å². The van der Waals surface area contributed by atoms with Crippen LogP contribution in [0.5, 0.6) is 5.88 Å². The predicted molar refractivity (Wildman–Crippen MR) is 126 cm³/mol. The van der Waals surface area contributed by atoms with Crippen molar-refractivity contribution in [1.82, 2.24) is 34.5 Å². The number of aromatic nitrogens is 7. The standard InChI is InChI=1S/C22H24N10O3/c33-19-16(27-22(34)29-19)10-14-12-25-32-18(14)28-20(30-21(32)26-15-3-4-15)24-11-13-2-1-5-23-17(13)31-6-8-35-9-7-31/h1-2,5,10,12,15,33H,3-4,6-9,11H2,(H,24,26,30)(H2,27,29,34)/b14-10-. The predicted octanol–water partition coefficient (Wildman–Crippen LogP) is -0.699. The lowest BCUT2D eigenvalue weighted by molar-refractivity contribution is 0.122. The van der Waals surface area contributed by atoms with E-state index in [1.54, 1.807) is 23.0 Å². The number of fused-ring (bicyclic) bond motifs is 1. The maximum absolute atomic E-state index is 11.5. The van der Waals surface area contributed by atoms with Crippen LogP contribution >= 0.6 is 0 Å². The van der Waals surface area contributed by atoms with Crippen molar-refractivity contribution < 1.29 is 9.84 Å². The highest BCUT2D eigenvalue weighted by molar-refractivity contribution is 5.57. The molecule has 4 N–H and O–H groups in total. The summed E-state index contributed by atoms with van der Waals surface area (Å²) in [6.07, 6.45) is 7.03. The summed E-state index contributed by atoms with van der Waals surface area (Å²) in [7, 11) is 0. The Bertz CT molecular complexity index is 1550. The van der Waals surface area contributed by atoms with Gasteiger partial charge in [0.1, 0.15) is 11.5 Å². The summed E-state index contributed by atoms with van der Waals surface area (Å²) in [6, 6.07) is 4.17. The average Bonchev–Trinajstić information content (AvgIpc) is 3.51. The Hall–Kier alpha value is -4.26. The number of morpholine rings is 1. The minimum absolute atomic E-state index is 0.230. The summed E-state index contributed by atoms with van der Waals surface area (Å²) in [5.41, 5.74) is 1.71. The first-order valence-corrected chi connectivity index (χ1v) is 11.5. The molecule has 0 radical (unpaired) electrons. The Kier molecular flexibility index (Phi) is 5.37. The number of nitrogens with one attached hydrogen (secondary N) is 3. The van der Waals surface area contributed by atoms with Crippen LogP contribution in [-0.2, 0) is 11.3 Å². The fourth-order valence-corrected chi connectivity index (χ4v) is 3.96. The molecule has 35 heavy (non-hydrogen) atoms. The second kappa shape index (κ2) is 8.83. The van der Waals surface area contributed by atoms with E-state index in [0.717, 1.165) is 37.3 Å². The summed E-state index contributed by atoms with van der Waals surface area (Å²) in [4.78, 5) is 37.1. The van der Waals surface area contributed by atoms with Crippen LogP contribution in [0, 0.1) is 0 Å². The lowest BCUT2D eigenvalue weighted by atomic mass is 10.2. The van der Waals surface area contributed by atoms with Gasteiger partial charge < -0.3 is 25.0 Å². The van der Waals surface area contributed by atoms with Gasteiger partial charge in [-0.1, -0.05) is 6.07 Å². The van der Waals surface area contributed by atoms with Crippen LogP contribution in [0.15, 0.2) is 34.3 Å². The number of aromatic hydroxyl groups is 1. The molecule has 0 atom stereocenters. The van der Waals surface area contributed by atoms with E-state index >= 15 is 0 Å². The lowest BCUT2D eigenvalue weighted by Crippen LogP contribution is -2.37. The van der Waals surface area contributed by atoms with Gasteiger partial charge in [0.15, 0.2) is 5.65 Å². The zero-order valence-electron chi connectivity index (χ0n) is 18.8. The fourth-order valence-electron chi connectivity index (χ4n) is 3.96. The van der Waals surface area contributed by atoms with Gasteiger partial charge in [-0.05, 0) is 25.0 Å². The molecule has 1 saturated carbocycles. The average molecular weight is 477 g/mol. The fraction of sp³-hybridized carbons (Fsp3) is 0.364. The first kappa shape index (κ1) is 21.3. The van der Waals surface area contributed by atoms with Gasteiger partial charge in [0, 0.05) is 36.6 Å². The van der Waals surface area contributed by atoms with Gasteiger partial charge in [-0.25, -0.2) is 14.8 Å². The number of hydrogen-bond acceptors (Lipinski definition) is 10. The molecule has 13 heteroatoms. The first-order valence-electron chi connectivity index (χ1n) is 11.5. The molecule has 2 aliphatic rings. The van der Waals surface area contributed by atoms with Crippen molar-refractivity contribution in [2.45, 2.75) is 25.4 Å². The highest BCUT2D eigenvalue weighted by Crippen LogP contribution is 2.22. The number of pyridine rings is 1. The minimum Gasteiger partial charge on any atom is -0.493 e. The van der Waals surface area contributed by atoms with E-state index in [4.69, 9.17) is 9.73 Å². The van der Waals surface area contributed by atoms with Crippen LogP contribution in [-0.4, -0.2) is 72.0 Å². The van der Waals surface area contributed by atoms with E-state index in [9.17, 15) is 9.90 Å². The molecule has 180 valence electrons. The van der Waals surface area contributed by atoms with Crippen molar-refractivity contribution in [3.63, 3.8) is 0 Å². The Balaban J connectivity index is 1.37. The topological polar surface area (TPSA) is 162 Å². The monoisotopic (exact) mass is 476 g/mol. The molecule has 4 aromatic heterocycles. The smallest absolute Gasteiger partial charge is 0.326 e. The molecule has 1 saturated heterocycles. The molecule has 1 aliphatic carbocycles. The molecular formula is C22H24N10O3. The van der Waals surface area contributed by atoms with E-state index < -0.39 is 5.69 Å². The van der Waals surface area contributed by atoms with E-state index in [0.29, 0.717) is 42.2 Å². The maximum Gasteiger partial charge on any atom is 0.326 e. The summed E-state index contributed by atoms with van der Waals surface area (Å²) in [6.45, 7) is 3.41. The number of hydrogen-bond donors (Lipinski definition) is 4. The van der Waals surface area contributed by atoms with E-state index in [-0.39, 0.29) is 17.6 Å². The van der Waals surface area contributed by atoms with Crippen molar-refractivity contribution in [2.24, 2.45) is 4.99 Å². The highest BCUT2D eigenvalue weighted by Gasteiger charge is 2.21. The zero-order chi connectivity index (χ0) is 23.8. The summed E-state index contributed by atoms with van der Waals surface area (Å²) >= 11 is 0. The third-order valence-electron chi connectivity index (χ3n) is 5.87. The molecule has 0 spiro atoms. The molecular weight excluding hydrogens is 452 g/mol. The van der Waals surface area contributed by atoms with Crippen LogP contribution in [0.1, 0.15) is 24.1 Å². The van der Waals surface area contributed by atoms with Gasteiger partial charge in [-0.15, -0.1) is 0 Å². The van der Waals surface area contributed by atoms with Crippen LogP contribution < -0.4 is 26.7 Å². The molecule has 0 unspecified atom stereocenters. The van der Waals surface area contributed by atoms with Gasteiger partial charge >= 0.3 is 5.69 Å². The second-order valence-corrected chi connectivity index (χ2v) is 8.47. The number of H-pyrrole nitrogens is 2. The highest BCUT2D eigenvalue weighted by atomic mass is 16.5. The molecule has 6 rings (SSSR count). The Labute approximate surface area is 198 Å². The zero-order valence-corrected chi connectivity index (χ0v) is 18.8. The number of anilines is 2. The van der Waals surface area contributed by atoms with Crippen LogP contribution in [0.3, 0.4) is 0 Å². The molecule has 4 aromatic rings. The van der Waals surface area contributed by atoms with Crippen molar-refractivity contribution in [1.29, 1.82) is 0 Å². The quantitative estimate of drug-likeness (QED) is 0.282. The number of aromatic amines is 2. The maximum atomic E-state index is 11.5. The molecule has 5 heterocycles. The Morgan fingerprint density at radius 1 is 1.26 bits per heavy atom. The summed E-state index contributed by atoms with van der Waals surface area (Å²) in [5.74, 6) is 1.06. The van der Waals surface area contributed by atoms with Crippen molar-refractivity contribution in [3.8, 4) is 5.88 Å². The number of imidazole rings is 1. The normalized spacial score (nSPS) is 17.4. The molecule has 0 bridgehead atoms. The van der Waals surface area contributed by atoms with Crippen molar-refractivity contribution in [2.75, 3.05) is 36.5 Å². The van der Waals surface area contributed by atoms with Gasteiger partial charge in [-0.2, -0.15) is 19.6 Å². The number of nitrogens with zero attached hydrogens (tertiary/aromatic N) is 7. The van der Waals surface area contributed by atoms with Gasteiger partial charge in [0.2, 0.25) is 11.8 Å². The van der Waals surface area contributed by atoms with Gasteiger partial charge in [0.25, 0.3) is 5.62 Å². The summed E-state index contributed by atoms with van der Waals surface area (Å²) in [5, 5.41) is 18.3. The molecule has 0 aromatic carbocycles. The third kappa shape index (κ3) is 4.45. The van der Waals surface area contributed by atoms with E-state index in [2.05, 4.69) is 40.2 Å². The Morgan fingerprint density at radius 2 is 2.11 bits per heavy atom. The largest absolute Gasteiger partial charge is 0.493 e. The first-order chi connectivity index (χ1) is 17.1. The Morgan fingerprint density at radius 3 is 2.89 bits per heavy atom. The molecule has 0 amide bonds. The van der Waals surface area contributed by atoms with Gasteiger partial charge in [0.05, 0.1) is 25.5 Å². The molecule has 1 aliphatic heterocycles. The third-order valence-corrected chi connectivity index (χ3v) is 5.87. The van der Waals surface area contributed by atoms with E-state index in [1.807, 2.05) is 12.1 Å². The SMILES string of the molecule is O=c1[nH]c(O)c(/C=c2/cnn3c(=NC4CC4)nc(NCc4cccnc4N4CCOCC4)nc23)[nH]1. The van der Waals surface area contributed by atoms with Crippen LogP contribution in [0.25, 0.3) is 11.7 Å². The van der Waals surface area contributed by atoms with Crippen LogP contribution in [0.2, 0.25) is 0 Å². The number of ether oxygens (including phenoxy) is 1. The van der Waals surface area contributed by atoms with Crippen molar-refractivity contribution in [3.05, 3.63) is 57.1 Å². The lowest BCUT2D eigenvalue weighted by Gasteiger charge is -2.29. The van der Waals surface area contributed by atoms with Crippen molar-refractivity contribution >= 4 is 23.5 Å². The number of rotatable bonds is 6. The second-order valence-electron chi connectivity index (χ2n) is 8.47. The van der Waals surface area contributed by atoms with Gasteiger partial charge in [-0.3, -0.25) is 4.98 Å². The molecule has 13 nitrogen and oxygen atoms in total.